The largest absolute Gasteiger partial charge is 0.473 e. The molecule has 0 aliphatic carbocycles. The van der Waals surface area contributed by atoms with Crippen LogP contribution in [0.1, 0.15) is 32.6 Å². The maximum atomic E-state index is 12.7. The van der Waals surface area contributed by atoms with E-state index in [0.29, 0.717) is 24.6 Å². The fourth-order valence-electron chi connectivity index (χ4n) is 4.05. The second kappa shape index (κ2) is 10.2. The summed E-state index contributed by atoms with van der Waals surface area (Å²) in [4.78, 5) is 23.8. The molecule has 0 bridgehead atoms. The van der Waals surface area contributed by atoms with Crippen LogP contribution in [0.5, 0.6) is 5.88 Å². The van der Waals surface area contributed by atoms with E-state index < -0.39 is 0 Å². The number of hydrogen-bond donors (Lipinski definition) is 1. The van der Waals surface area contributed by atoms with E-state index in [9.17, 15) is 4.79 Å². The standard InChI is InChI=1S/C28H26N4O2/c33-28(24-12-14-29-27(16-24)34-20-21-6-2-1-3-7-21)31-18-22-10-11-26(30-17-22)32-15-13-23-8-4-5-9-25(23)19-32/h1-12,14,16-17H,13,15,18-20H2,(H,31,33). The van der Waals surface area contributed by atoms with Gasteiger partial charge in [0.2, 0.25) is 5.88 Å². The van der Waals surface area contributed by atoms with Gasteiger partial charge in [-0.2, -0.15) is 0 Å². The van der Waals surface area contributed by atoms with E-state index in [0.717, 1.165) is 36.5 Å². The van der Waals surface area contributed by atoms with Gasteiger partial charge < -0.3 is 15.0 Å². The number of ether oxygens (including phenoxy) is 1. The number of pyridine rings is 2. The Kier molecular flexibility index (Phi) is 6.47. The van der Waals surface area contributed by atoms with Gasteiger partial charge in [-0.05, 0) is 40.8 Å². The van der Waals surface area contributed by atoms with Gasteiger partial charge in [0.1, 0.15) is 12.4 Å². The van der Waals surface area contributed by atoms with Crippen molar-refractivity contribution in [2.24, 2.45) is 0 Å². The highest BCUT2D eigenvalue weighted by Crippen LogP contribution is 2.23. The van der Waals surface area contributed by atoms with E-state index in [1.807, 2.05) is 48.7 Å². The lowest BCUT2D eigenvalue weighted by Crippen LogP contribution is -2.31. The van der Waals surface area contributed by atoms with E-state index in [4.69, 9.17) is 4.74 Å². The molecule has 5 rings (SSSR count). The second-order valence-electron chi connectivity index (χ2n) is 8.30. The Morgan fingerprint density at radius 1 is 0.912 bits per heavy atom. The zero-order valence-electron chi connectivity index (χ0n) is 18.9. The monoisotopic (exact) mass is 450 g/mol. The first-order valence-electron chi connectivity index (χ1n) is 11.4. The molecule has 34 heavy (non-hydrogen) atoms. The number of aromatic nitrogens is 2. The Bertz CT molecular complexity index is 1260. The summed E-state index contributed by atoms with van der Waals surface area (Å²) >= 11 is 0. The molecule has 1 amide bonds. The summed E-state index contributed by atoms with van der Waals surface area (Å²) in [6.45, 7) is 2.63. The highest BCUT2D eigenvalue weighted by atomic mass is 16.5. The third-order valence-corrected chi connectivity index (χ3v) is 5.94. The van der Waals surface area contributed by atoms with Crippen molar-refractivity contribution in [1.82, 2.24) is 15.3 Å². The molecule has 1 aliphatic rings. The molecular formula is C28H26N4O2. The van der Waals surface area contributed by atoms with Crippen LogP contribution in [0.25, 0.3) is 0 Å². The van der Waals surface area contributed by atoms with Gasteiger partial charge in [0.05, 0.1) is 0 Å². The Morgan fingerprint density at radius 2 is 1.74 bits per heavy atom. The topological polar surface area (TPSA) is 67.4 Å². The molecule has 4 aromatic rings. The molecule has 0 saturated carbocycles. The Hall–Kier alpha value is -4.19. The summed E-state index contributed by atoms with van der Waals surface area (Å²) in [5.41, 5.74) is 5.28. The predicted octanol–water partition coefficient (Wildman–Crippen LogP) is 4.55. The van der Waals surface area contributed by atoms with Gasteiger partial charge in [-0.1, -0.05) is 60.7 Å². The van der Waals surface area contributed by atoms with Gasteiger partial charge in [0, 0.05) is 43.7 Å². The summed E-state index contributed by atoms with van der Waals surface area (Å²) in [5.74, 6) is 1.20. The molecule has 0 fully saturated rings. The number of anilines is 1. The summed E-state index contributed by atoms with van der Waals surface area (Å²) in [7, 11) is 0. The molecule has 2 aromatic carbocycles. The molecule has 6 heteroatoms. The number of amides is 1. The van der Waals surface area contributed by atoms with E-state index in [2.05, 4.69) is 44.5 Å². The lowest BCUT2D eigenvalue weighted by atomic mass is 10.00. The van der Waals surface area contributed by atoms with Crippen LogP contribution in [-0.2, 0) is 26.1 Å². The zero-order valence-corrected chi connectivity index (χ0v) is 18.9. The summed E-state index contributed by atoms with van der Waals surface area (Å²) in [6.07, 6.45) is 4.44. The first-order valence-corrected chi connectivity index (χ1v) is 11.4. The normalized spacial score (nSPS) is 12.6. The van der Waals surface area contributed by atoms with Crippen molar-refractivity contribution in [3.8, 4) is 5.88 Å². The molecule has 1 aliphatic heterocycles. The van der Waals surface area contributed by atoms with Gasteiger partial charge in [-0.3, -0.25) is 4.79 Å². The van der Waals surface area contributed by atoms with Crippen LogP contribution in [0.2, 0.25) is 0 Å². The Morgan fingerprint density at radius 3 is 2.56 bits per heavy atom. The molecule has 3 heterocycles. The molecule has 0 radical (unpaired) electrons. The smallest absolute Gasteiger partial charge is 0.251 e. The summed E-state index contributed by atoms with van der Waals surface area (Å²) < 4.78 is 5.73. The van der Waals surface area contributed by atoms with E-state index in [1.165, 1.54) is 11.1 Å². The van der Waals surface area contributed by atoms with Crippen molar-refractivity contribution < 1.29 is 9.53 Å². The van der Waals surface area contributed by atoms with E-state index in [1.54, 1.807) is 18.3 Å². The third-order valence-electron chi connectivity index (χ3n) is 5.94. The quantitative estimate of drug-likeness (QED) is 0.448. The molecule has 2 aromatic heterocycles. The van der Waals surface area contributed by atoms with Crippen molar-refractivity contribution >= 4 is 11.7 Å². The second-order valence-corrected chi connectivity index (χ2v) is 8.30. The fourth-order valence-corrected chi connectivity index (χ4v) is 4.05. The van der Waals surface area contributed by atoms with Crippen LogP contribution in [0, 0.1) is 0 Å². The first kappa shape index (κ1) is 21.6. The minimum atomic E-state index is -0.177. The Balaban J connectivity index is 1.15. The van der Waals surface area contributed by atoms with E-state index in [-0.39, 0.29) is 5.91 Å². The number of nitrogens with one attached hydrogen (secondary N) is 1. The van der Waals surface area contributed by atoms with Crippen molar-refractivity contribution in [3.63, 3.8) is 0 Å². The van der Waals surface area contributed by atoms with Gasteiger partial charge in [-0.15, -0.1) is 0 Å². The first-order chi connectivity index (χ1) is 16.7. The van der Waals surface area contributed by atoms with Crippen LogP contribution in [0.4, 0.5) is 5.82 Å². The third kappa shape index (κ3) is 5.23. The molecular weight excluding hydrogens is 424 g/mol. The number of benzene rings is 2. The van der Waals surface area contributed by atoms with Crippen molar-refractivity contribution in [2.45, 2.75) is 26.1 Å². The molecule has 0 atom stereocenters. The maximum Gasteiger partial charge on any atom is 0.251 e. The highest BCUT2D eigenvalue weighted by Gasteiger charge is 2.17. The number of hydrogen-bond acceptors (Lipinski definition) is 5. The van der Waals surface area contributed by atoms with Crippen molar-refractivity contribution in [2.75, 3.05) is 11.4 Å². The lowest BCUT2D eigenvalue weighted by molar-refractivity contribution is 0.0950. The average Bonchev–Trinajstić information content (AvgIpc) is 2.91. The van der Waals surface area contributed by atoms with Gasteiger partial charge in [-0.25, -0.2) is 9.97 Å². The van der Waals surface area contributed by atoms with Crippen LogP contribution < -0.4 is 15.0 Å². The minimum absolute atomic E-state index is 0.177. The van der Waals surface area contributed by atoms with Crippen LogP contribution >= 0.6 is 0 Å². The molecule has 1 N–H and O–H groups in total. The molecule has 0 unspecified atom stereocenters. The molecule has 6 nitrogen and oxygen atoms in total. The van der Waals surface area contributed by atoms with Crippen molar-refractivity contribution in [3.05, 3.63) is 119 Å². The number of carbonyl (C=O) groups excluding carboxylic acids is 1. The lowest BCUT2D eigenvalue weighted by Gasteiger charge is -2.29. The summed E-state index contributed by atoms with van der Waals surface area (Å²) in [5, 5.41) is 2.95. The predicted molar refractivity (Wildman–Crippen MR) is 132 cm³/mol. The molecule has 0 saturated heterocycles. The number of fused-ring (bicyclic) bond motifs is 1. The van der Waals surface area contributed by atoms with Crippen LogP contribution in [0.15, 0.2) is 91.3 Å². The number of rotatable bonds is 7. The number of carbonyl (C=O) groups is 1. The fraction of sp³-hybridized carbons (Fsp3) is 0.179. The van der Waals surface area contributed by atoms with Crippen LogP contribution in [0.3, 0.4) is 0 Å². The minimum Gasteiger partial charge on any atom is -0.473 e. The van der Waals surface area contributed by atoms with Crippen molar-refractivity contribution in [1.29, 1.82) is 0 Å². The SMILES string of the molecule is O=C(NCc1ccc(N2CCc3ccccc3C2)nc1)c1ccnc(OCc2ccccc2)c1. The summed E-state index contributed by atoms with van der Waals surface area (Å²) in [6, 6.07) is 25.8. The molecule has 170 valence electrons. The van der Waals surface area contributed by atoms with Gasteiger partial charge >= 0.3 is 0 Å². The van der Waals surface area contributed by atoms with Gasteiger partial charge in [0.25, 0.3) is 5.91 Å². The highest BCUT2D eigenvalue weighted by molar-refractivity contribution is 5.94. The Labute approximate surface area is 199 Å². The average molecular weight is 451 g/mol. The maximum absolute atomic E-state index is 12.7. The molecule has 0 spiro atoms. The number of nitrogens with zero attached hydrogens (tertiary/aromatic N) is 3. The van der Waals surface area contributed by atoms with Gasteiger partial charge in [0.15, 0.2) is 0 Å². The zero-order chi connectivity index (χ0) is 23.2. The van der Waals surface area contributed by atoms with E-state index >= 15 is 0 Å². The van der Waals surface area contributed by atoms with Crippen LogP contribution in [-0.4, -0.2) is 22.4 Å².